The minimum absolute atomic E-state index is 0.422. The van der Waals surface area contributed by atoms with Crippen molar-refractivity contribution >= 4 is 0 Å². The van der Waals surface area contributed by atoms with E-state index in [-0.39, 0.29) is 0 Å². The van der Waals surface area contributed by atoms with Gasteiger partial charge in [-0.05, 0) is 54.3 Å². The van der Waals surface area contributed by atoms with Gasteiger partial charge in [-0.15, -0.1) is 0 Å². The molecule has 0 bridgehead atoms. The minimum atomic E-state index is 0.422. The zero-order valence-corrected chi connectivity index (χ0v) is 17.3. The first-order chi connectivity index (χ1) is 14.3. The van der Waals surface area contributed by atoms with Crippen LogP contribution in [0, 0.1) is 0 Å². The summed E-state index contributed by atoms with van der Waals surface area (Å²) in [5.74, 6) is 0.422. The van der Waals surface area contributed by atoms with Gasteiger partial charge in [-0.2, -0.15) is 0 Å². The Morgan fingerprint density at radius 3 is 2.00 bits per heavy atom. The van der Waals surface area contributed by atoms with Gasteiger partial charge >= 0.3 is 0 Å². The molecule has 0 radical (unpaired) electrons. The van der Waals surface area contributed by atoms with Gasteiger partial charge in [0.25, 0.3) is 0 Å². The van der Waals surface area contributed by atoms with E-state index in [1.54, 1.807) is 6.07 Å². The molecule has 1 aromatic carbocycles. The van der Waals surface area contributed by atoms with Gasteiger partial charge in [0, 0.05) is 56.3 Å². The topological polar surface area (TPSA) is 49.2 Å². The second-order valence-corrected chi connectivity index (χ2v) is 7.44. The van der Waals surface area contributed by atoms with Crippen molar-refractivity contribution in [3.63, 3.8) is 0 Å². The van der Waals surface area contributed by atoms with Crippen LogP contribution in [-0.4, -0.2) is 33.1 Å². The number of rotatable bonds is 11. The lowest BCUT2D eigenvalue weighted by Gasteiger charge is -2.24. The molecule has 0 aliphatic carbocycles. The van der Waals surface area contributed by atoms with Gasteiger partial charge in [-0.1, -0.05) is 37.6 Å². The quantitative estimate of drug-likeness (QED) is 0.511. The van der Waals surface area contributed by atoms with Crippen molar-refractivity contribution in [3.8, 4) is 5.75 Å². The van der Waals surface area contributed by atoms with E-state index in [2.05, 4.69) is 40.0 Å². The second-order valence-electron chi connectivity index (χ2n) is 7.44. The van der Waals surface area contributed by atoms with Crippen LogP contribution in [0.2, 0.25) is 0 Å². The van der Waals surface area contributed by atoms with Crippen LogP contribution in [0.25, 0.3) is 0 Å². The van der Waals surface area contributed by atoms with Crippen LogP contribution in [0.4, 0.5) is 0 Å². The Balaban J connectivity index is 1.72. The summed E-state index contributed by atoms with van der Waals surface area (Å²) in [4.78, 5) is 11.4. The van der Waals surface area contributed by atoms with E-state index in [9.17, 15) is 5.11 Å². The first-order valence-electron chi connectivity index (χ1n) is 10.6. The van der Waals surface area contributed by atoms with Crippen LogP contribution in [-0.2, 0) is 25.8 Å². The summed E-state index contributed by atoms with van der Waals surface area (Å²) in [6.45, 7) is 4.86. The molecule has 3 aromatic rings. The molecule has 0 saturated heterocycles. The van der Waals surface area contributed by atoms with Crippen molar-refractivity contribution in [1.29, 1.82) is 0 Å². The maximum Gasteiger partial charge on any atom is 0.119 e. The Labute approximate surface area is 174 Å². The molecule has 1 N–H and O–H groups in total. The Morgan fingerprint density at radius 2 is 1.45 bits per heavy atom. The second kappa shape index (κ2) is 11.3. The van der Waals surface area contributed by atoms with Gasteiger partial charge in [0.15, 0.2) is 0 Å². The van der Waals surface area contributed by atoms with Crippen LogP contribution in [0.15, 0.2) is 67.0 Å². The molecule has 0 aliphatic rings. The third-order valence-electron chi connectivity index (χ3n) is 5.24. The van der Waals surface area contributed by atoms with E-state index in [1.807, 2.05) is 42.7 Å². The average Bonchev–Trinajstić information content (AvgIpc) is 2.76. The van der Waals surface area contributed by atoms with Gasteiger partial charge < -0.3 is 5.11 Å². The largest absolute Gasteiger partial charge is 0.508 e. The van der Waals surface area contributed by atoms with Crippen molar-refractivity contribution in [1.82, 2.24) is 14.9 Å². The van der Waals surface area contributed by atoms with Crippen LogP contribution >= 0.6 is 0 Å². The standard InChI is InChI=1S/C25H31N3O/c1-2-3-12-24-21(9-8-13-25(24)29)20-28(18-14-22-10-4-6-16-26-22)19-15-23-11-5-7-17-27-23/h4-11,13,16-17,29H,2-3,12,14-15,18-20H2,1H3. The molecule has 2 heterocycles. The molecule has 0 saturated carbocycles. The van der Waals surface area contributed by atoms with Gasteiger partial charge in [0.2, 0.25) is 0 Å². The molecule has 0 aliphatic heterocycles. The zero-order valence-electron chi connectivity index (χ0n) is 17.3. The highest BCUT2D eigenvalue weighted by Gasteiger charge is 2.13. The number of hydrogen-bond donors (Lipinski definition) is 1. The van der Waals surface area contributed by atoms with Crippen LogP contribution in [0.3, 0.4) is 0 Å². The fourth-order valence-corrected chi connectivity index (χ4v) is 3.56. The summed E-state index contributed by atoms with van der Waals surface area (Å²) in [6.07, 6.45) is 8.66. The van der Waals surface area contributed by atoms with Crippen molar-refractivity contribution in [2.45, 2.75) is 45.6 Å². The highest BCUT2D eigenvalue weighted by atomic mass is 16.3. The van der Waals surface area contributed by atoms with Crippen molar-refractivity contribution in [2.75, 3.05) is 13.1 Å². The highest BCUT2D eigenvalue weighted by molar-refractivity contribution is 5.39. The van der Waals surface area contributed by atoms with Gasteiger partial charge in [0.05, 0.1) is 0 Å². The molecule has 0 unspecified atom stereocenters. The summed E-state index contributed by atoms with van der Waals surface area (Å²) >= 11 is 0. The maximum atomic E-state index is 10.4. The summed E-state index contributed by atoms with van der Waals surface area (Å²) in [5, 5.41) is 10.4. The van der Waals surface area contributed by atoms with E-state index in [0.717, 1.165) is 68.7 Å². The Bertz CT molecular complexity index is 809. The van der Waals surface area contributed by atoms with E-state index >= 15 is 0 Å². The van der Waals surface area contributed by atoms with Crippen LogP contribution in [0.5, 0.6) is 5.75 Å². The summed E-state index contributed by atoms with van der Waals surface area (Å²) in [5.41, 5.74) is 4.53. The SMILES string of the molecule is CCCCc1c(O)cccc1CN(CCc1ccccn1)CCc1ccccn1. The van der Waals surface area contributed by atoms with Crippen LogP contribution < -0.4 is 0 Å². The molecular formula is C25H31N3O. The lowest BCUT2D eigenvalue weighted by molar-refractivity contribution is 0.269. The lowest BCUT2D eigenvalue weighted by atomic mass is 10.00. The van der Waals surface area contributed by atoms with Gasteiger partial charge in [0.1, 0.15) is 5.75 Å². The molecule has 29 heavy (non-hydrogen) atoms. The van der Waals surface area contributed by atoms with Crippen molar-refractivity contribution in [3.05, 3.63) is 89.5 Å². The monoisotopic (exact) mass is 389 g/mol. The van der Waals surface area contributed by atoms with Crippen LogP contribution in [0.1, 0.15) is 42.3 Å². The Hall–Kier alpha value is -2.72. The summed E-state index contributed by atoms with van der Waals surface area (Å²) in [7, 11) is 0. The van der Waals surface area contributed by atoms with Gasteiger partial charge in [-0.3, -0.25) is 14.9 Å². The van der Waals surface area contributed by atoms with Crippen molar-refractivity contribution < 1.29 is 5.11 Å². The fourth-order valence-electron chi connectivity index (χ4n) is 3.56. The highest BCUT2D eigenvalue weighted by Crippen LogP contribution is 2.24. The number of benzene rings is 1. The molecule has 4 heteroatoms. The number of hydrogen-bond acceptors (Lipinski definition) is 4. The Morgan fingerprint density at radius 1 is 0.793 bits per heavy atom. The fraction of sp³-hybridized carbons (Fsp3) is 0.360. The number of pyridine rings is 2. The van der Waals surface area contributed by atoms with Gasteiger partial charge in [-0.25, -0.2) is 0 Å². The molecule has 0 amide bonds. The molecular weight excluding hydrogens is 358 g/mol. The number of phenolic OH excluding ortho intramolecular Hbond substituents is 1. The first kappa shape index (κ1) is 21.0. The summed E-state index contributed by atoms with van der Waals surface area (Å²) in [6, 6.07) is 18.1. The number of phenols is 1. The van der Waals surface area contributed by atoms with Crippen molar-refractivity contribution in [2.24, 2.45) is 0 Å². The predicted octanol–water partition coefficient (Wildman–Crippen LogP) is 4.81. The van der Waals surface area contributed by atoms with E-state index in [4.69, 9.17) is 0 Å². The molecule has 2 aromatic heterocycles. The minimum Gasteiger partial charge on any atom is -0.508 e. The smallest absolute Gasteiger partial charge is 0.119 e. The zero-order chi connectivity index (χ0) is 20.3. The first-order valence-corrected chi connectivity index (χ1v) is 10.6. The normalized spacial score (nSPS) is 11.1. The third-order valence-corrected chi connectivity index (χ3v) is 5.24. The molecule has 0 atom stereocenters. The maximum absolute atomic E-state index is 10.4. The predicted molar refractivity (Wildman–Crippen MR) is 118 cm³/mol. The van der Waals surface area contributed by atoms with E-state index < -0.39 is 0 Å². The number of nitrogens with zero attached hydrogens (tertiary/aromatic N) is 3. The summed E-state index contributed by atoms with van der Waals surface area (Å²) < 4.78 is 0. The number of aromatic nitrogens is 2. The molecule has 0 fully saturated rings. The lowest BCUT2D eigenvalue weighted by Crippen LogP contribution is -2.29. The molecule has 3 rings (SSSR count). The average molecular weight is 390 g/mol. The third kappa shape index (κ3) is 6.68. The van der Waals surface area contributed by atoms with E-state index in [1.165, 1.54) is 5.56 Å². The van der Waals surface area contributed by atoms with E-state index in [0.29, 0.717) is 5.75 Å². The molecule has 152 valence electrons. The Kier molecular flexibility index (Phi) is 8.20. The molecule has 4 nitrogen and oxygen atoms in total. The molecule has 0 spiro atoms. The number of unbranched alkanes of at least 4 members (excludes halogenated alkanes) is 1. The number of aromatic hydroxyl groups is 1.